The number of aromatic nitrogens is 1. The highest BCUT2D eigenvalue weighted by atomic mass is 35.5. The second kappa shape index (κ2) is 6.73. The molecule has 3 N–H and O–H groups in total. The van der Waals surface area contributed by atoms with Crippen molar-refractivity contribution in [2.45, 2.75) is 32.2 Å². The SMILES string of the molecule is Cc1cc(F)cc(C(=O)Nc2nc3c(s2)C[C@@H](N)CC3)c1.Cl. The van der Waals surface area contributed by atoms with Crippen LogP contribution in [-0.2, 0) is 12.8 Å². The Labute approximate surface area is 138 Å². The van der Waals surface area contributed by atoms with E-state index in [2.05, 4.69) is 10.3 Å². The minimum atomic E-state index is -0.412. The summed E-state index contributed by atoms with van der Waals surface area (Å²) in [5.41, 5.74) is 7.97. The number of carbonyl (C=O) groups excluding carboxylic acids is 1. The molecule has 3 rings (SSSR count). The lowest BCUT2D eigenvalue weighted by atomic mass is 9.99. The Kier molecular flexibility index (Phi) is 5.16. The van der Waals surface area contributed by atoms with Crippen LogP contribution < -0.4 is 11.1 Å². The number of thiazole rings is 1. The third-order valence-electron chi connectivity index (χ3n) is 3.50. The van der Waals surface area contributed by atoms with E-state index in [-0.39, 0.29) is 24.4 Å². The van der Waals surface area contributed by atoms with E-state index in [9.17, 15) is 9.18 Å². The van der Waals surface area contributed by atoms with Crippen LogP contribution in [-0.4, -0.2) is 16.9 Å². The fraction of sp³-hybridized carbons (Fsp3) is 0.333. The Balaban J connectivity index is 0.00000176. The molecule has 0 bridgehead atoms. The fourth-order valence-corrected chi connectivity index (χ4v) is 3.59. The van der Waals surface area contributed by atoms with E-state index in [1.54, 1.807) is 13.0 Å². The smallest absolute Gasteiger partial charge is 0.257 e. The zero-order valence-corrected chi connectivity index (χ0v) is 13.7. The molecule has 7 heteroatoms. The van der Waals surface area contributed by atoms with Gasteiger partial charge in [-0.05, 0) is 49.9 Å². The van der Waals surface area contributed by atoms with Gasteiger partial charge in [0.05, 0.1) is 5.69 Å². The van der Waals surface area contributed by atoms with Gasteiger partial charge in [0.1, 0.15) is 5.82 Å². The summed E-state index contributed by atoms with van der Waals surface area (Å²) in [6.45, 7) is 1.75. The molecule has 0 saturated heterocycles. The molecule has 0 aliphatic heterocycles. The minimum absolute atomic E-state index is 0. The summed E-state index contributed by atoms with van der Waals surface area (Å²) in [5.74, 6) is -0.752. The molecular formula is C15H17ClFN3OS. The average Bonchev–Trinajstić information content (AvgIpc) is 2.78. The number of nitrogens with one attached hydrogen (secondary N) is 1. The largest absolute Gasteiger partial charge is 0.327 e. The molecule has 1 aliphatic carbocycles. The van der Waals surface area contributed by atoms with Crippen LogP contribution in [0.4, 0.5) is 9.52 Å². The number of hydrogen-bond donors (Lipinski definition) is 2. The Morgan fingerprint density at radius 3 is 2.95 bits per heavy atom. The quantitative estimate of drug-likeness (QED) is 0.882. The van der Waals surface area contributed by atoms with Crippen molar-refractivity contribution in [3.05, 3.63) is 45.7 Å². The van der Waals surface area contributed by atoms with Crippen LogP contribution in [0.25, 0.3) is 0 Å². The number of carbonyl (C=O) groups is 1. The molecule has 118 valence electrons. The van der Waals surface area contributed by atoms with Gasteiger partial charge in [0.25, 0.3) is 5.91 Å². The molecule has 1 heterocycles. The number of hydrogen-bond acceptors (Lipinski definition) is 4. The first-order chi connectivity index (χ1) is 10.0. The van der Waals surface area contributed by atoms with Crippen molar-refractivity contribution in [3.63, 3.8) is 0 Å². The first-order valence-corrected chi connectivity index (χ1v) is 7.65. The normalized spacial score (nSPS) is 16.6. The van der Waals surface area contributed by atoms with Gasteiger partial charge in [0.15, 0.2) is 5.13 Å². The number of aryl methyl sites for hydroxylation is 2. The van der Waals surface area contributed by atoms with Gasteiger partial charge in [-0.2, -0.15) is 0 Å². The molecule has 1 aromatic carbocycles. The molecule has 0 spiro atoms. The number of fused-ring (bicyclic) bond motifs is 1. The lowest BCUT2D eigenvalue weighted by Gasteiger charge is -2.15. The molecule has 4 nitrogen and oxygen atoms in total. The van der Waals surface area contributed by atoms with Gasteiger partial charge in [-0.25, -0.2) is 9.37 Å². The van der Waals surface area contributed by atoms with Crippen LogP contribution in [0.2, 0.25) is 0 Å². The van der Waals surface area contributed by atoms with E-state index in [4.69, 9.17) is 5.73 Å². The minimum Gasteiger partial charge on any atom is -0.327 e. The molecule has 0 unspecified atom stereocenters. The third kappa shape index (κ3) is 3.63. The number of halogens is 2. The second-order valence-corrected chi connectivity index (χ2v) is 6.45. The predicted octanol–water partition coefficient (Wildman–Crippen LogP) is 3.08. The van der Waals surface area contributed by atoms with Gasteiger partial charge in [0.2, 0.25) is 0 Å². The first-order valence-electron chi connectivity index (χ1n) is 6.84. The summed E-state index contributed by atoms with van der Waals surface area (Å²) in [4.78, 5) is 17.7. The van der Waals surface area contributed by atoms with Crippen molar-refractivity contribution in [1.29, 1.82) is 0 Å². The molecule has 2 aromatic rings. The zero-order valence-electron chi connectivity index (χ0n) is 12.1. The molecule has 0 radical (unpaired) electrons. The lowest BCUT2D eigenvalue weighted by Crippen LogP contribution is -2.27. The highest BCUT2D eigenvalue weighted by Crippen LogP contribution is 2.29. The average molecular weight is 342 g/mol. The van der Waals surface area contributed by atoms with Crippen LogP contribution in [0.5, 0.6) is 0 Å². The molecule has 1 atom stereocenters. The van der Waals surface area contributed by atoms with E-state index in [0.717, 1.165) is 29.8 Å². The number of rotatable bonds is 2. The molecule has 1 aliphatic rings. The van der Waals surface area contributed by atoms with Crippen LogP contribution in [0, 0.1) is 12.7 Å². The first kappa shape index (κ1) is 16.9. The maximum Gasteiger partial charge on any atom is 0.257 e. The standard InChI is InChI=1S/C15H16FN3OS.ClH/c1-8-4-9(6-10(16)5-8)14(20)19-15-18-12-3-2-11(17)7-13(12)21-15;/h4-6,11H,2-3,7,17H2,1H3,(H,18,19,20);1H/t11-;/m0./s1. The van der Waals surface area contributed by atoms with Gasteiger partial charge in [-0.15, -0.1) is 23.7 Å². The monoisotopic (exact) mass is 341 g/mol. The molecule has 0 fully saturated rings. The molecule has 22 heavy (non-hydrogen) atoms. The second-order valence-electron chi connectivity index (χ2n) is 5.36. The van der Waals surface area contributed by atoms with Crippen LogP contribution in [0.1, 0.15) is 32.9 Å². The molecular weight excluding hydrogens is 325 g/mol. The lowest BCUT2D eigenvalue weighted by molar-refractivity contribution is 0.102. The number of amides is 1. The Morgan fingerprint density at radius 2 is 2.23 bits per heavy atom. The van der Waals surface area contributed by atoms with Gasteiger partial charge in [0, 0.05) is 16.5 Å². The zero-order chi connectivity index (χ0) is 15.0. The Bertz CT molecular complexity index is 684. The number of anilines is 1. The summed E-state index contributed by atoms with van der Waals surface area (Å²) in [6, 6.07) is 4.45. The van der Waals surface area contributed by atoms with E-state index in [0.29, 0.717) is 16.3 Å². The summed E-state index contributed by atoms with van der Waals surface area (Å²) >= 11 is 1.45. The predicted molar refractivity (Wildman–Crippen MR) is 88.5 cm³/mol. The Morgan fingerprint density at radius 1 is 1.45 bits per heavy atom. The number of nitrogens with zero attached hydrogens (tertiary/aromatic N) is 1. The van der Waals surface area contributed by atoms with Crippen molar-refractivity contribution in [1.82, 2.24) is 4.98 Å². The van der Waals surface area contributed by atoms with E-state index in [1.165, 1.54) is 23.5 Å². The van der Waals surface area contributed by atoms with Gasteiger partial charge in [-0.3, -0.25) is 10.1 Å². The fourth-order valence-electron chi connectivity index (χ4n) is 2.49. The highest BCUT2D eigenvalue weighted by molar-refractivity contribution is 7.15. The summed E-state index contributed by atoms with van der Waals surface area (Å²) in [6.07, 6.45) is 2.58. The number of nitrogens with two attached hydrogens (primary N) is 1. The topological polar surface area (TPSA) is 68.0 Å². The van der Waals surface area contributed by atoms with Crippen molar-refractivity contribution < 1.29 is 9.18 Å². The Hall–Kier alpha value is -1.50. The maximum atomic E-state index is 13.3. The molecule has 0 saturated carbocycles. The van der Waals surface area contributed by atoms with Crippen LogP contribution >= 0.6 is 23.7 Å². The summed E-state index contributed by atoms with van der Waals surface area (Å²) in [7, 11) is 0. The third-order valence-corrected chi connectivity index (χ3v) is 4.54. The van der Waals surface area contributed by atoms with E-state index < -0.39 is 5.82 Å². The maximum absolute atomic E-state index is 13.3. The van der Waals surface area contributed by atoms with Gasteiger partial charge in [-0.1, -0.05) is 0 Å². The summed E-state index contributed by atoms with van der Waals surface area (Å²) in [5, 5.41) is 3.30. The van der Waals surface area contributed by atoms with Crippen molar-refractivity contribution in [2.75, 3.05) is 5.32 Å². The van der Waals surface area contributed by atoms with Crippen molar-refractivity contribution in [3.8, 4) is 0 Å². The van der Waals surface area contributed by atoms with Gasteiger partial charge >= 0.3 is 0 Å². The van der Waals surface area contributed by atoms with Crippen LogP contribution in [0.15, 0.2) is 18.2 Å². The molecule has 1 amide bonds. The van der Waals surface area contributed by atoms with Crippen molar-refractivity contribution >= 4 is 34.8 Å². The van der Waals surface area contributed by atoms with Gasteiger partial charge < -0.3 is 5.73 Å². The van der Waals surface area contributed by atoms with Crippen LogP contribution in [0.3, 0.4) is 0 Å². The van der Waals surface area contributed by atoms with E-state index >= 15 is 0 Å². The van der Waals surface area contributed by atoms with E-state index in [1.807, 2.05) is 0 Å². The van der Waals surface area contributed by atoms with Crippen molar-refractivity contribution in [2.24, 2.45) is 5.73 Å². The number of benzene rings is 1. The highest BCUT2D eigenvalue weighted by Gasteiger charge is 2.21. The summed E-state index contributed by atoms with van der Waals surface area (Å²) < 4.78 is 13.3. The molecule has 1 aromatic heterocycles.